The number of aromatic nitrogens is 1. The summed E-state index contributed by atoms with van der Waals surface area (Å²) in [6.45, 7) is 0. The minimum Gasteiger partial charge on any atom is -0.286 e. The molecule has 0 radical (unpaired) electrons. The van der Waals surface area contributed by atoms with Gasteiger partial charge < -0.3 is 0 Å². The molecule has 2 aromatic rings. The highest BCUT2D eigenvalue weighted by molar-refractivity contribution is 9.11. The molecular formula is C10H5Br2NOS. The molecule has 5 heteroatoms. The van der Waals surface area contributed by atoms with Gasteiger partial charge in [0, 0.05) is 15.1 Å². The average molecular weight is 347 g/mol. The first-order valence-corrected chi connectivity index (χ1v) is 6.55. The third kappa shape index (κ3) is 2.19. The van der Waals surface area contributed by atoms with Gasteiger partial charge in [-0.05, 0) is 55.4 Å². The summed E-state index contributed by atoms with van der Waals surface area (Å²) in [6, 6.07) is 5.45. The van der Waals surface area contributed by atoms with Crippen LogP contribution in [0.15, 0.2) is 38.7 Å². The maximum atomic E-state index is 12.0. The zero-order valence-corrected chi connectivity index (χ0v) is 11.4. The van der Waals surface area contributed by atoms with Gasteiger partial charge in [0.15, 0.2) is 0 Å². The number of rotatable bonds is 2. The Bertz CT molecular complexity index is 510. The van der Waals surface area contributed by atoms with Gasteiger partial charge in [-0.15, -0.1) is 11.3 Å². The number of nitrogens with zero attached hydrogens (tertiary/aromatic N) is 1. The van der Waals surface area contributed by atoms with Crippen LogP contribution in [0.25, 0.3) is 0 Å². The second kappa shape index (κ2) is 4.55. The number of carbonyl (C=O) groups excluding carboxylic acids is 1. The fraction of sp³-hybridized carbons (Fsp3) is 0. The molecule has 0 saturated carbocycles. The van der Waals surface area contributed by atoms with Crippen LogP contribution in [0, 0.1) is 0 Å². The Hall–Kier alpha value is -0.520. The number of hydrogen-bond acceptors (Lipinski definition) is 3. The van der Waals surface area contributed by atoms with Gasteiger partial charge in [-0.1, -0.05) is 0 Å². The van der Waals surface area contributed by atoms with Crippen LogP contribution >= 0.6 is 43.2 Å². The van der Waals surface area contributed by atoms with Crippen LogP contribution in [0.1, 0.15) is 15.4 Å². The van der Waals surface area contributed by atoms with Crippen molar-refractivity contribution in [3.05, 3.63) is 49.3 Å². The van der Waals surface area contributed by atoms with Crippen molar-refractivity contribution in [2.24, 2.45) is 0 Å². The van der Waals surface area contributed by atoms with Crippen molar-refractivity contribution in [1.82, 2.24) is 4.98 Å². The van der Waals surface area contributed by atoms with E-state index in [-0.39, 0.29) is 5.78 Å². The Morgan fingerprint density at radius 2 is 2.07 bits per heavy atom. The van der Waals surface area contributed by atoms with E-state index < -0.39 is 0 Å². The Labute approximate surface area is 108 Å². The number of thiophene rings is 1. The molecule has 0 N–H and O–H groups in total. The highest BCUT2D eigenvalue weighted by Gasteiger charge is 2.17. The molecule has 0 atom stereocenters. The normalized spacial score (nSPS) is 10.3. The fourth-order valence-corrected chi connectivity index (χ4v) is 3.04. The van der Waals surface area contributed by atoms with Gasteiger partial charge in [-0.2, -0.15) is 0 Å². The lowest BCUT2D eigenvalue weighted by Crippen LogP contribution is -2.03. The summed E-state index contributed by atoms with van der Waals surface area (Å²) in [5.74, 6) is -0.0654. The molecule has 0 unspecified atom stereocenters. The largest absolute Gasteiger partial charge is 0.286 e. The number of ketones is 1. The van der Waals surface area contributed by atoms with Crippen LogP contribution in [0.4, 0.5) is 0 Å². The third-order valence-corrected chi connectivity index (χ3v) is 4.27. The van der Waals surface area contributed by atoms with E-state index in [0.717, 1.165) is 8.95 Å². The number of hydrogen-bond donors (Lipinski definition) is 0. The maximum absolute atomic E-state index is 12.0. The smallest absolute Gasteiger partial charge is 0.223 e. The van der Waals surface area contributed by atoms with Gasteiger partial charge in [0.2, 0.25) is 5.78 Å². The SMILES string of the molecule is O=C(c1ncccc1Br)c1sccc1Br. The predicted molar refractivity (Wildman–Crippen MR) is 67.4 cm³/mol. The molecule has 0 amide bonds. The van der Waals surface area contributed by atoms with Crippen molar-refractivity contribution >= 4 is 49.0 Å². The van der Waals surface area contributed by atoms with E-state index >= 15 is 0 Å². The van der Waals surface area contributed by atoms with Crippen LogP contribution in [0.2, 0.25) is 0 Å². The maximum Gasteiger partial charge on any atom is 0.223 e. The lowest BCUT2D eigenvalue weighted by atomic mass is 10.2. The first kappa shape index (κ1) is 11.0. The second-order valence-electron chi connectivity index (χ2n) is 2.76. The molecule has 2 aromatic heterocycles. The lowest BCUT2D eigenvalue weighted by Gasteiger charge is -2.00. The van der Waals surface area contributed by atoms with Crippen LogP contribution in [0.5, 0.6) is 0 Å². The van der Waals surface area contributed by atoms with E-state index in [4.69, 9.17) is 0 Å². The molecule has 15 heavy (non-hydrogen) atoms. The standard InChI is InChI=1S/C10H5Br2NOS/c11-6-2-1-4-13-8(6)9(14)10-7(12)3-5-15-10/h1-5H. The summed E-state index contributed by atoms with van der Waals surface area (Å²) in [4.78, 5) is 16.8. The average Bonchev–Trinajstić information content (AvgIpc) is 2.64. The van der Waals surface area contributed by atoms with Gasteiger partial charge >= 0.3 is 0 Å². The number of pyridine rings is 1. The molecule has 0 aromatic carbocycles. The first-order valence-electron chi connectivity index (χ1n) is 4.08. The summed E-state index contributed by atoms with van der Waals surface area (Å²) in [5.41, 5.74) is 0.445. The molecule has 0 aliphatic carbocycles. The molecular weight excluding hydrogens is 342 g/mol. The first-order chi connectivity index (χ1) is 7.20. The van der Waals surface area contributed by atoms with Gasteiger partial charge in [-0.3, -0.25) is 9.78 Å². The molecule has 0 bridgehead atoms. The molecule has 0 spiro atoms. The van der Waals surface area contributed by atoms with E-state index in [1.54, 1.807) is 12.3 Å². The topological polar surface area (TPSA) is 30.0 Å². The van der Waals surface area contributed by atoms with E-state index in [2.05, 4.69) is 36.8 Å². The summed E-state index contributed by atoms with van der Waals surface area (Å²) >= 11 is 8.05. The highest BCUT2D eigenvalue weighted by Crippen LogP contribution is 2.27. The van der Waals surface area contributed by atoms with Crippen molar-refractivity contribution in [3.8, 4) is 0 Å². The monoisotopic (exact) mass is 345 g/mol. The Morgan fingerprint density at radius 1 is 1.27 bits per heavy atom. The highest BCUT2D eigenvalue weighted by atomic mass is 79.9. The minimum absolute atomic E-state index is 0.0654. The minimum atomic E-state index is -0.0654. The molecule has 0 aliphatic heterocycles. The van der Waals surface area contributed by atoms with E-state index in [1.165, 1.54) is 11.3 Å². The van der Waals surface area contributed by atoms with Crippen LogP contribution in [0.3, 0.4) is 0 Å². The Balaban J connectivity index is 2.46. The van der Waals surface area contributed by atoms with Gasteiger partial charge in [0.05, 0.1) is 4.88 Å². The van der Waals surface area contributed by atoms with Crippen molar-refractivity contribution in [2.45, 2.75) is 0 Å². The van der Waals surface area contributed by atoms with Crippen molar-refractivity contribution in [3.63, 3.8) is 0 Å². The predicted octanol–water partition coefficient (Wildman–Crippen LogP) is 3.90. The zero-order valence-electron chi connectivity index (χ0n) is 7.41. The zero-order chi connectivity index (χ0) is 10.8. The summed E-state index contributed by atoms with van der Waals surface area (Å²) in [7, 11) is 0. The third-order valence-electron chi connectivity index (χ3n) is 1.80. The van der Waals surface area contributed by atoms with Gasteiger partial charge in [0.1, 0.15) is 5.69 Å². The van der Waals surface area contributed by atoms with Crippen molar-refractivity contribution in [1.29, 1.82) is 0 Å². The van der Waals surface area contributed by atoms with E-state index in [9.17, 15) is 4.79 Å². The number of halogens is 2. The van der Waals surface area contributed by atoms with E-state index in [0.29, 0.717) is 10.6 Å². The van der Waals surface area contributed by atoms with Crippen LogP contribution in [-0.2, 0) is 0 Å². The Morgan fingerprint density at radius 3 is 2.67 bits per heavy atom. The van der Waals surface area contributed by atoms with Crippen molar-refractivity contribution < 1.29 is 4.79 Å². The van der Waals surface area contributed by atoms with Crippen molar-refractivity contribution in [2.75, 3.05) is 0 Å². The molecule has 0 fully saturated rings. The van der Waals surface area contributed by atoms with Crippen LogP contribution in [-0.4, -0.2) is 10.8 Å². The molecule has 2 heterocycles. The number of carbonyl (C=O) groups is 1. The van der Waals surface area contributed by atoms with Gasteiger partial charge in [-0.25, -0.2) is 0 Å². The molecule has 2 nitrogen and oxygen atoms in total. The summed E-state index contributed by atoms with van der Waals surface area (Å²) < 4.78 is 1.53. The molecule has 2 rings (SSSR count). The quantitative estimate of drug-likeness (QED) is 0.772. The fourth-order valence-electron chi connectivity index (χ4n) is 1.12. The molecule has 76 valence electrons. The summed E-state index contributed by atoms with van der Waals surface area (Å²) in [5, 5.41) is 1.87. The molecule has 0 saturated heterocycles. The second-order valence-corrected chi connectivity index (χ2v) is 5.39. The molecule has 0 aliphatic rings. The van der Waals surface area contributed by atoms with E-state index in [1.807, 2.05) is 17.5 Å². The Kier molecular flexibility index (Phi) is 3.33. The lowest BCUT2D eigenvalue weighted by molar-refractivity contribution is 0.103. The van der Waals surface area contributed by atoms with Crippen LogP contribution < -0.4 is 0 Å². The summed E-state index contributed by atoms with van der Waals surface area (Å²) in [6.07, 6.45) is 1.61. The van der Waals surface area contributed by atoms with Gasteiger partial charge in [0.25, 0.3) is 0 Å².